The molecule has 6 nitrogen and oxygen atoms in total. The van der Waals surface area contributed by atoms with Crippen LogP contribution in [0.25, 0.3) is 0 Å². The molecule has 1 aromatic rings. The number of fused-ring (bicyclic) bond motifs is 1. The van der Waals surface area contributed by atoms with Gasteiger partial charge in [-0.25, -0.2) is 9.20 Å². The van der Waals surface area contributed by atoms with Crippen LogP contribution in [0.3, 0.4) is 0 Å². The second-order valence-electron chi connectivity index (χ2n) is 4.65. The normalized spacial score (nSPS) is 20.1. The molecular formula is C14H21N3O3S. The summed E-state index contributed by atoms with van der Waals surface area (Å²) in [7, 11) is 0.566. The van der Waals surface area contributed by atoms with Crippen molar-refractivity contribution in [3.05, 3.63) is 12.1 Å². The molecule has 0 radical (unpaired) electrons. The monoisotopic (exact) mass is 311 g/mol. The number of ether oxygens (including phenoxy) is 2. The summed E-state index contributed by atoms with van der Waals surface area (Å²) in [4.78, 5) is 7.08. The van der Waals surface area contributed by atoms with E-state index in [0.29, 0.717) is 28.0 Å². The molecular weight excluding hydrogens is 290 g/mol. The Labute approximate surface area is 126 Å². The minimum absolute atomic E-state index is 0.507. The molecule has 0 fully saturated rings. The third-order valence-corrected chi connectivity index (χ3v) is 5.05. The van der Waals surface area contributed by atoms with Crippen LogP contribution in [0, 0.1) is 0 Å². The lowest BCUT2D eigenvalue weighted by Gasteiger charge is -2.24. The highest BCUT2D eigenvalue weighted by Crippen LogP contribution is 2.39. The maximum absolute atomic E-state index is 12.9. The Morgan fingerprint density at radius 2 is 1.71 bits per heavy atom. The van der Waals surface area contributed by atoms with Crippen molar-refractivity contribution in [2.75, 3.05) is 33.6 Å². The van der Waals surface area contributed by atoms with E-state index in [1.54, 1.807) is 32.6 Å². The van der Waals surface area contributed by atoms with E-state index < -0.39 is 9.73 Å². The maximum Gasteiger partial charge on any atom is 0.234 e. The molecule has 1 heterocycles. The first-order chi connectivity index (χ1) is 9.96. The van der Waals surface area contributed by atoms with E-state index >= 15 is 0 Å². The van der Waals surface area contributed by atoms with E-state index in [4.69, 9.17) is 9.47 Å². The third-order valence-electron chi connectivity index (χ3n) is 3.40. The molecule has 116 valence electrons. The average molecular weight is 311 g/mol. The number of benzene rings is 1. The summed E-state index contributed by atoms with van der Waals surface area (Å²) in [6.45, 7) is 5.56. The van der Waals surface area contributed by atoms with Gasteiger partial charge in [-0.3, -0.25) is 0 Å². The molecule has 0 spiro atoms. The van der Waals surface area contributed by atoms with Gasteiger partial charge in [0.25, 0.3) is 0 Å². The molecule has 1 unspecified atom stereocenters. The lowest BCUT2D eigenvalue weighted by atomic mass is 10.2. The fourth-order valence-electron chi connectivity index (χ4n) is 2.21. The molecule has 0 N–H and O–H groups in total. The van der Waals surface area contributed by atoms with Crippen LogP contribution in [0.1, 0.15) is 13.8 Å². The van der Waals surface area contributed by atoms with E-state index in [1.165, 1.54) is 0 Å². The van der Waals surface area contributed by atoms with Gasteiger partial charge in [0.15, 0.2) is 11.5 Å². The second-order valence-corrected chi connectivity index (χ2v) is 6.88. The van der Waals surface area contributed by atoms with Gasteiger partial charge in [0, 0.05) is 31.5 Å². The van der Waals surface area contributed by atoms with Gasteiger partial charge in [0.05, 0.1) is 34.5 Å². The molecule has 21 heavy (non-hydrogen) atoms. The molecule has 0 bridgehead atoms. The predicted molar refractivity (Wildman–Crippen MR) is 84.3 cm³/mol. The fourth-order valence-corrected chi connectivity index (χ4v) is 3.59. The Kier molecular flexibility index (Phi) is 4.41. The van der Waals surface area contributed by atoms with E-state index in [-0.39, 0.29) is 0 Å². The van der Waals surface area contributed by atoms with E-state index in [9.17, 15) is 4.21 Å². The highest BCUT2D eigenvalue weighted by atomic mass is 32.2. The summed E-state index contributed by atoms with van der Waals surface area (Å²) in [5.41, 5.74) is 0.622. The molecule has 0 saturated carbocycles. The topological polar surface area (TPSA) is 63.5 Å². The number of rotatable bonds is 4. The summed E-state index contributed by atoms with van der Waals surface area (Å²) in [6, 6.07) is 3.44. The first-order valence-electron chi connectivity index (χ1n) is 6.78. The van der Waals surface area contributed by atoms with Crippen molar-refractivity contribution in [1.29, 1.82) is 0 Å². The van der Waals surface area contributed by atoms with Crippen molar-refractivity contribution < 1.29 is 13.7 Å². The molecule has 7 heteroatoms. The van der Waals surface area contributed by atoms with E-state index in [1.807, 2.05) is 18.7 Å². The van der Waals surface area contributed by atoms with Gasteiger partial charge in [0.2, 0.25) is 5.96 Å². The van der Waals surface area contributed by atoms with Gasteiger partial charge in [0.1, 0.15) is 0 Å². The molecule has 2 rings (SSSR count). The molecule has 0 saturated heterocycles. The van der Waals surface area contributed by atoms with Crippen molar-refractivity contribution in [3.8, 4) is 11.5 Å². The number of nitrogens with zero attached hydrogens (tertiary/aromatic N) is 3. The van der Waals surface area contributed by atoms with Gasteiger partial charge in [-0.05, 0) is 13.8 Å². The predicted octanol–water partition coefficient (Wildman–Crippen LogP) is 2.50. The van der Waals surface area contributed by atoms with Crippen molar-refractivity contribution >= 4 is 21.4 Å². The van der Waals surface area contributed by atoms with E-state index in [2.05, 4.69) is 9.36 Å². The van der Waals surface area contributed by atoms with Crippen LogP contribution in [0.2, 0.25) is 0 Å². The quantitative estimate of drug-likeness (QED) is 0.857. The van der Waals surface area contributed by atoms with Crippen LogP contribution in [0.4, 0.5) is 5.69 Å². The Balaban J connectivity index is 2.66. The summed E-state index contributed by atoms with van der Waals surface area (Å²) >= 11 is 0. The standard InChI is InChI=1S/C14H21N3O3S/c1-6-17(7-2)14-15-10-8-11(19-3)12(20-4)9-13(10)21(5,18)16-14/h8-9H,6-7H2,1-5H3. The Morgan fingerprint density at radius 1 is 1.14 bits per heavy atom. The SMILES string of the molecule is CCN(CC)C1=Nc2cc(OC)c(OC)cc2S(C)(=O)=N1. The zero-order valence-electron chi connectivity index (χ0n) is 13.0. The minimum atomic E-state index is -2.55. The van der Waals surface area contributed by atoms with Crippen LogP contribution in [0.5, 0.6) is 11.5 Å². The zero-order valence-corrected chi connectivity index (χ0v) is 13.9. The van der Waals surface area contributed by atoms with Crippen molar-refractivity contribution in [3.63, 3.8) is 0 Å². The highest BCUT2D eigenvalue weighted by Gasteiger charge is 2.24. The smallest absolute Gasteiger partial charge is 0.234 e. The highest BCUT2D eigenvalue weighted by molar-refractivity contribution is 7.93. The molecule has 0 aromatic heterocycles. The Hall–Kier alpha value is -1.76. The molecule has 1 aliphatic heterocycles. The molecule has 1 atom stereocenters. The van der Waals surface area contributed by atoms with Crippen molar-refractivity contribution in [1.82, 2.24) is 4.90 Å². The number of hydrogen-bond donors (Lipinski definition) is 0. The summed E-state index contributed by atoms with van der Waals surface area (Å²) < 4.78 is 27.8. The van der Waals surface area contributed by atoms with Crippen LogP contribution in [-0.4, -0.2) is 48.6 Å². The fraction of sp³-hybridized carbons (Fsp3) is 0.500. The molecule has 0 aliphatic carbocycles. The van der Waals surface area contributed by atoms with Crippen LogP contribution in [0.15, 0.2) is 26.4 Å². The van der Waals surface area contributed by atoms with E-state index in [0.717, 1.165) is 13.1 Å². The van der Waals surface area contributed by atoms with Gasteiger partial charge in [-0.2, -0.15) is 4.36 Å². The Bertz CT molecular complexity index is 687. The Morgan fingerprint density at radius 3 is 2.24 bits per heavy atom. The lowest BCUT2D eigenvalue weighted by molar-refractivity contribution is 0.354. The molecule has 0 amide bonds. The summed E-state index contributed by atoms with van der Waals surface area (Å²) in [5, 5.41) is 0. The lowest BCUT2D eigenvalue weighted by Crippen LogP contribution is -2.31. The number of guanidine groups is 1. The van der Waals surface area contributed by atoms with Gasteiger partial charge >= 0.3 is 0 Å². The van der Waals surface area contributed by atoms with Gasteiger partial charge in [-0.1, -0.05) is 0 Å². The third kappa shape index (κ3) is 2.83. The maximum atomic E-state index is 12.9. The van der Waals surface area contributed by atoms with Gasteiger partial charge in [-0.15, -0.1) is 0 Å². The molecule has 1 aliphatic rings. The van der Waals surface area contributed by atoms with Crippen molar-refractivity contribution in [2.24, 2.45) is 9.36 Å². The average Bonchev–Trinajstić information content (AvgIpc) is 2.46. The first-order valence-corrected chi connectivity index (χ1v) is 8.71. The molecule has 1 aromatic carbocycles. The van der Waals surface area contributed by atoms with Gasteiger partial charge < -0.3 is 14.4 Å². The minimum Gasteiger partial charge on any atom is -0.493 e. The zero-order chi connectivity index (χ0) is 15.6. The summed E-state index contributed by atoms with van der Waals surface area (Å²) in [5.74, 6) is 1.60. The van der Waals surface area contributed by atoms with Crippen molar-refractivity contribution in [2.45, 2.75) is 18.7 Å². The second kappa shape index (κ2) is 5.93. The number of aliphatic imine (C=N–C) groups is 1. The number of methoxy groups -OCH3 is 2. The van der Waals surface area contributed by atoms with Crippen LogP contribution < -0.4 is 9.47 Å². The first kappa shape index (κ1) is 15.6. The summed E-state index contributed by atoms with van der Waals surface area (Å²) in [6.07, 6.45) is 1.62. The van der Waals surface area contributed by atoms with Crippen LogP contribution in [-0.2, 0) is 9.73 Å². The van der Waals surface area contributed by atoms with Crippen LogP contribution >= 0.6 is 0 Å². The largest absolute Gasteiger partial charge is 0.493 e. The number of hydrogen-bond acceptors (Lipinski definition) is 6.